The first kappa shape index (κ1) is 29.1. The monoisotopic (exact) mass is 562 g/mol. The van der Waals surface area contributed by atoms with Crippen LogP contribution < -0.4 is 15.4 Å². The molecule has 2 amide bonds. The van der Waals surface area contributed by atoms with Crippen LogP contribution in [0.4, 0.5) is 0 Å². The number of pyridine rings is 1. The second-order valence-corrected chi connectivity index (χ2v) is 10.7. The summed E-state index contributed by atoms with van der Waals surface area (Å²) in [5, 5.41) is 15.5. The number of hydrogen-bond acceptors (Lipinski definition) is 5. The van der Waals surface area contributed by atoms with Gasteiger partial charge in [-0.05, 0) is 62.6 Å². The smallest absolute Gasteiger partial charge is 0.251 e. The molecule has 0 unspecified atom stereocenters. The summed E-state index contributed by atoms with van der Waals surface area (Å²) in [5.41, 5.74) is 5.25. The number of hydrogen-bond donors (Lipinski definition) is 3. The van der Waals surface area contributed by atoms with E-state index in [1.807, 2.05) is 74.0 Å². The Kier molecular flexibility index (Phi) is 9.45. The molecule has 0 aliphatic rings. The lowest BCUT2D eigenvalue weighted by Gasteiger charge is -2.21. The molecule has 0 spiro atoms. The van der Waals surface area contributed by atoms with Gasteiger partial charge in [0.05, 0.1) is 35.4 Å². The summed E-state index contributed by atoms with van der Waals surface area (Å²) in [6.45, 7) is 7.42. The van der Waals surface area contributed by atoms with Crippen LogP contribution in [-0.2, 0) is 11.2 Å². The summed E-state index contributed by atoms with van der Waals surface area (Å²) in [6.07, 6.45) is 4.41. The van der Waals surface area contributed by atoms with Crippen LogP contribution in [0.3, 0.4) is 0 Å². The van der Waals surface area contributed by atoms with Crippen LogP contribution >= 0.6 is 11.6 Å². The van der Waals surface area contributed by atoms with E-state index in [1.165, 1.54) is 0 Å². The normalized spacial score (nSPS) is 12.8. The quantitative estimate of drug-likeness (QED) is 0.243. The molecule has 4 aromatic rings. The Hall–Kier alpha value is -3.88. The van der Waals surface area contributed by atoms with E-state index in [0.29, 0.717) is 22.8 Å². The number of ether oxygens (including phenoxy) is 1. The summed E-state index contributed by atoms with van der Waals surface area (Å²) in [7, 11) is 0. The first-order valence-electron chi connectivity index (χ1n) is 13.3. The van der Waals surface area contributed by atoms with Crippen molar-refractivity contribution in [1.29, 1.82) is 0 Å². The maximum atomic E-state index is 13.1. The lowest BCUT2D eigenvalue weighted by atomic mass is 10.0. The number of halogens is 1. The minimum absolute atomic E-state index is 0.0466. The highest BCUT2D eigenvalue weighted by Gasteiger charge is 2.19. The van der Waals surface area contributed by atoms with E-state index in [2.05, 4.69) is 10.6 Å². The number of aryl methyl sites for hydroxylation is 1. The van der Waals surface area contributed by atoms with Gasteiger partial charge in [-0.2, -0.15) is 0 Å². The van der Waals surface area contributed by atoms with Gasteiger partial charge < -0.3 is 24.9 Å². The van der Waals surface area contributed by atoms with E-state index in [4.69, 9.17) is 21.3 Å². The van der Waals surface area contributed by atoms with Crippen molar-refractivity contribution in [1.82, 2.24) is 20.0 Å². The van der Waals surface area contributed by atoms with E-state index in [9.17, 15) is 14.7 Å². The third-order valence-corrected chi connectivity index (χ3v) is 6.84. The largest absolute Gasteiger partial charge is 0.489 e. The summed E-state index contributed by atoms with van der Waals surface area (Å²) in [4.78, 5) is 30.2. The fourth-order valence-electron chi connectivity index (χ4n) is 4.30. The van der Waals surface area contributed by atoms with Crippen LogP contribution in [0.5, 0.6) is 5.75 Å². The number of benzene rings is 2. The molecule has 0 saturated carbocycles. The van der Waals surface area contributed by atoms with E-state index in [0.717, 1.165) is 28.0 Å². The number of imidazole rings is 1. The zero-order valence-electron chi connectivity index (χ0n) is 23.1. The number of nitrogens with zero attached hydrogens (tertiary/aromatic N) is 2. The Labute approximate surface area is 239 Å². The zero-order valence-corrected chi connectivity index (χ0v) is 23.9. The highest BCUT2D eigenvalue weighted by molar-refractivity contribution is 6.32. The molecule has 0 bridgehead atoms. The van der Waals surface area contributed by atoms with Crippen molar-refractivity contribution in [3.05, 3.63) is 88.7 Å². The van der Waals surface area contributed by atoms with Gasteiger partial charge in [-0.1, -0.05) is 48.9 Å². The molecule has 8 nitrogen and oxygen atoms in total. The lowest BCUT2D eigenvalue weighted by Crippen LogP contribution is -2.46. The van der Waals surface area contributed by atoms with Crippen molar-refractivity contribution >= 4 is 29.1 Å². The van der Waals surface area contributed by atoms with Gasteiger partial charge in [0.1, 0.15) is 11.4 Å². The highest BCUT2D eigenvalue weighted by atomic mass is 35.5. The molecule has 0 radical (unpaired) electrons. The minimum atomic E-state index is -0.544. The molecule has 3 N–H and O–H groups in total. The Bertz CT molecular complexity index is 1480. The number of aromatic nitrogens is 2. The van der Waals surface area contributed by atoms with Gasteiger partial charge in [0.2, 0.25) is 5.91 Å². The molecule has 2 atom stereocenters. The molecule has 0 aliphatic carbocycles. The third-order valence-electron chi connectivity index (χ3n) is 6.55. The van der Waals surface area contributed by atoms with Gasteiger partial charge in [-0.3, -0.25) is 9.59 Å². The summed E-state index contributed by atoms with van der Waals surface area (Å²) in [6, 6.07) is 16.5. The maximum Gasteiger partial charge on any atom is 0.251 e. The Morgan fingerprint density at radius 3 is 2.50 bits per heavy atom. The predicted molar refractivity (Wildman–Crippen MR) is 157 cm³/mol. The fourth-order valence-corrected chi connectivity index (χ4v) is 4.53. The number of carbonyl (C=O) groups excluding carboxylic acids is 2. The van der Waals surface area contributed by atoms with E-state index in [1.54, 1.807) is 25.1 Å². The minimum Gasteiger partial charge on any atom is -0.489 e. The average molecular weight is 563 g/mol. The van der Waals surface area contributed by atoms with Crippen LogP contribution in [0, 0.1) is 12.8 Å². The molecule has 210 valence electrons. The first-order valence-corrected chi connectivity index (χ1v) is 13.7. The van der Waals surface area contributed by atoms with Gasteiger partial charge >= 0.3 is 0 Å². The number of amides is 2. The molecule has 2 aromatic carbocycles. The molecule has 0 aliphatic heterocycles. The molecular formula is C31H35ClN4O4. The molecule has 4 rings (SSSR count). The number of rotatable bonds is 11. The number of aliphatic hydroxyl groups is 1. The average Bonchev–Trinajstić information content (AvgIpc) is 3.38. The number of fused-ring (bicyclic) bond motifs is 1. The van der Waals surface area contributed by atoms with Crippen molar-refractivity contribution in [3.63, 3.8) is 0 Å². The molecular weight excluding hydrogens is 528 g/mol. The second-order valence-electron chi connectivity index (χ2n) is 10.3. The highest BCUT2D eigenvalue weighted by Crippen LogP contribution is 2.27. The van der Waals surface area contributed by atoms with Gasteiger partial charge in [0.25, 0.3) is 5.91 Å². The molecule has 9 heteroatoms. The molecule has 2 heterocycles. The SMILES string of the molecule is Cc1cccn2cc(-c3ccc(C[C@@H](CNC(=O)[C@@H](C)CO)NC(=O)c4ccc(OC(C)C)c(Cl)c4)cc3)nc12. The second kappa shape index (κ2) is 13.0. The van der Waals surface area contributed by atoms with Crippen LogP contribution in [0.25, 0.3) is 16.9 Å². The topological polar surface area (TPSA) is 105 Å². The first-order chi connectivity index (χ1) is 19.1. The standard InChI is InChI=1S/C31H35ClN4O4/c1-19(2)40-28-12-11-24(15-26(28)32)31(39)34-25(16-33-30(38)21(4)18-37)14-22-7-9-23(10-8-22)27-17-36-13-5-6-20(3)29(36)35-27/h5-13,15,17,19,21,25,37H,14,16,18H2,1-4H3,(H,33,38)(H,34,39)/t21-,25-/m0/s1. The van der Waals surface area contributed by atoms with Crippen molar-refractivity contribution in [3.8, 4) is 17.0 Å². The van der Waals surface area contributed by atoms with Crippen molar-refractivity contribution < 1.29 is 19.4 Å². The van der Waals surface area contributed by atoms with E-state index in [-0.39, 0.29) is 31.1 Å². The van der Waals surface area contributed by atoms with Crippen molar-refractivity contribution in [2.24, 2.45) is 5.92 Å². The molecule has 0 fully saturated rings. The van der Waals surface area contributed by atoms with E-state index >= 15 is 0 Å². The number of aliphatic hydroxyl groups excluding tert-OH is 1. The van der Waals surface area contributed by atoms with Gasteiger partial charge in [0, 0.05) is 30.1 Å². The van der Waals surface area contributed by atoms with E-state index < -0.39 is 12.0 Å². The zero-order chi connectivity index (χ0) is 28.8. The molecule has 2 aromatic heterocycles. The van der Waals surface area contributed by atoms with Crippen LogP contribution in [0.2, 0.25) is 5.02 Å². The number of carbonyl (C=O) groups is 2. The van der Waals surface area contributed by atoms with Crippen LogP contribution in [0.15, 0.2) is 67.0 Å². The van der Waals surface area contributed by atoms with Gasteiger partial charge in [-0.15, -0.1) is 0 Å². The fraction of sp³-hybridized carbons (Fsp3) is 0.323. The Morgan fingerprint density at radius 2 is 1.85 bits per heavy atom. The van der Waals surface area contributed by atoms with Gasteiger partial charge in [-0.25, -0.2) is 4.98 Å². The third kappa shape index (κ3) is 7.20. The maximum absolute atomic E-state index is 13.1. The molecule has 0 saturated heterocycles. The predicted octanol–water partition coefficient (Wildman–Crippen LogP) is 4.84. The van der Waals surface area contributed by atoms with Crippen molar-refractivity contribution in [2.75, 3.05) is 13.2 Å². The Balaban J connectivity index is 1.50. The van der Waals surface area contributed by atoms with Gasteiger partial charge in [0.15, 0.2) is 0 Å². The summed E-state index contributed by atoms with van der Waals surface area (Å²) >= 11 is 6.34. The van der Waals surface area contributed by atoms with Crippen LogP contribution in [-0.4, -0.2) is 51.6 Å². The Morgan fingerprint density at radius 1 is 1.10 bits per heavy atom. The number of nitrogens with one attached hydrogen (secondary N) is 2. The lowest BCUT2D eigenvalue weighted by molar-refractivity contribution is -0.125. The molecule has 40 heavy (non-hydrogen) atoms. The summed E-state index contributed by atoms with van der Waals surface area (Å²) < 4.78 is 7.67. The van der Waals surface area contributed by atoms with Crippen LogP contribution in [0.1, 0.15) is 42.3 Å². The van der Waals surface area contributed by atoms with Crippen molar-refractivity contribution in [2.45, 2.75) is 46.3 Å². The summed E-state index contributed by atoms with van der Waals surface area (Å²) in [5.74, 6) is -0.630.